The number of anilines is 1. The summed E-state index contributed by atoms with van der Waals surface area (Å²) in [6.45, 7) is 8.25. The van der Waals surface area contributed by atoms with Gasteiger partial charge in [-0.05, 0) is 55.5 Å². The molecule has 8 heteroatoms. The van der Waals surface area contributed by atoms with Gasteiger partial charge in [0.25, 0.3) is 5.91 Å². The molecule has 4 rings (SSSR count). The van der Waals surface area contributed by atoms with Crippen molar-refractivity contribution in [3.8, 4) is 6.07 Å². The first-order valence-electron chi connectivity index (χ1n) is 11.7. The Bertz CT molecular complexity index is 1220. The molecule has 2 aromatic carbocycles. The van der Waals surface area contributed by atoms with Crippen molar-refractivity contribution < 1.29 is 14.0 Å². The number of nitriles is 1. The van der Waals surface area contributed by atoms with Gasteiger partial charge in [-0.2, -0.15) is 5.26 Å². The second kappa shape index (κ2) is 9.71. The second-order valence-electron chi connectivity index (χ2n) is 9.73. The zero-order valence-corrected chi connectivity index (χ0v) is 20.6. The van der Waals surface area contributed by atoms with Gasteiger partial charge in [0.1, 0.15) is 11.6 Å². The molecule has 2 aromatic rings. The number of benzene rings is 2. The van der Waals surface area contributed by atoms with Crippen LogP contribution in [0.15, 0.2) is 48.8 Å². The number of nitrogens with zero attached hydrogens (tertiary/aromatic N) is 2. The van der Waals surface area contributed by atoms with Crippen LogP contribution in [0.1, 0.15) is 67.4 Å². The lowest BCUT2D eigenvalue weighted by atomic mass is 9.82. The van der Waals surface area contributed by atoms with Gasteiger partial charge in [-0.1, -0.05) is 50.1 Å². The summed E-state index contributed by atoms with van der Waals surface area (Å²) in [5, 5.41) is 15.4. The zero-order chi connectivity index (χ0) is 25.3. The first-order chi connectivity index (χ1) is 16.6. The molecule has 1 saturated heterocycles. The standard InChI is InChI=1S/C27H28ClFN4O2/c1-16-6-4-7-21(10-16)33-17(2)32-27(3,14-24(33)34)22-8-5-9-23(25(22)28)31-26(35)19-11-18(15-30)12-20(29)13-19/h5,8-9,11-13,16,21,32H,2,4,6-7,10,14H2,1,3H3,(H,31,35). The maximum atomic E-state index is 13.8. The van der Waals surface area contributed by atoms with E-state index in [9.17, 15) is 14.0 Å². The highest BCUT2D eigenvalue weighted by Gasteiger charge is 2.42. The van der Waals surface area contributed by atoms with E-state index in [1.165, 1.54) is 12.5 Å². The lowest BCUT2D eigenvalue weighted by Crippen LogP contribution is -2.57. The minimum atomic E-state index is -0.824. The Hall–Kier alpha value is -3.37. The SMILES string of the molecule is C=C1NC(C)(c2cccc(NC(=O)c3cc(F)cc(C#N)c3)c2Cl)CC(=O)N1C1CCCC(C)C1. The number of nitrogens with one attached hydrogen (secondary N) is 2. The van der Waals surface area contributed by atoms with Crippen LogP contribution in [-0.4, -0.2) is 22.8 Å². The molecule has 3 unspecified atom stereocenters. The van der Waals surface area contributed by atoms with Crippen LogP contribution in [0.4, 0.5) is 10.1 Å². The monoisotopic (exact) mass is 494 g/mol. The summed E-state index contributed by atoms with van der Waals surface area (Å²) in [7, 11) is 0. The second-order valence-corrected chi connectivity index (χ2v) is 10.1. The maximum Gasteiger partial charge on any atom is 0.255 e. The minimum Gasteiger partial charge on any atom is -0.362 e. The summed E-state index contributed by atoms with van der Waals surface area (Å²) in [6.07, 6.45) is 4.37. The van der Waals surface area contributed by atoms with Crippen molar-refractivity contribution in [2.75, 3.05) is 5.32 Å². The molecule has 2 fully saturated rings. The summed E-state index contributed by atoms with van der Waals surface area (Å²) in [5.74, 6) is -0.164. The summed E-state index contributed by atoms with van der Waals surface area (Å²) in [6, 6.07) is 10.6. The highest BCUT2D eigenvalue weighted by atomic mass is 35.5. The number of hydrogen-bond donors (Lipinski definition) is 2. The summed E-state index contributed by atoms with van der Waals surface area (Å²) in [4.78, 5) is 27.9. The summed E-state index contributed by atoms with van der Waals surface area (Å²) in [5.41, 5.74) is 0.186. The summed E-state index contributed by atoms with van der Waals surface area (Å²) < 4.78 is 13.8. The number of hydrogen-bond acceptors (Lipinski definition) is 4. The summed E-state index contributed by atoms with van der Waals surface area (Å²) >= 11 is 6.72. The molecule has 2 aliphatic rings. The molecule has 0 spiro atoms. The average molecular weight is 495 g/mol. The molecule has 1 heterocycles. The fourth-order valence-electron chi connectivity index (χ4n) is 5.22. The van der Waals surface area contributed by atoms with Crippen LogP contribution in [0.25, 0.3) is 0 Å². The van der Waals surface area contributed by atoms with E-state index in [0.29, 0.717) is 23.0 Å². The molecule has 1 aliphatic heterocycles. The Morgan fingerprint density at radius 2 is 2.11 bits per heavy atom. The van der Waals surface area contributed by atoms with E-state index in [0.717, 1.165) is 31.4 Å². The fraction of sp³-hybridized carbons (Fsp3) is 0.370. The largest absolute Gasteiger partial charge is 0.362 e. The van der Waals surface area contributed by atoms with E-state index in [1.807, 2.05) is 13.0 Å². The first-order valence-corrected chi connectivity index (χ1v) is 12.1. The lowest BCUT2D eigenvalue weighted by Gasteiger charge is -2.47. The molecule has 0 aromatic heterocycles. The van der Waals surface area contributed by atoms with E-state index in [4.69, 9.17) is 16.9 Å². The van der Waals surface area contributed by atoms with E-state index >= 15 is 0 Å². The fourth-order valence-corrected chi connectivity index (χ4v) is 5.60. The van der Waals surface area contributed by atoms with Gasteiger partial charge >= 0.3 is 0 Å². The molecule has 2 N–H and O–H groups in total. The van der Waals surface area contributed by atoms with Crippen molar-refractivity contribution in [2.24, 2.45) is 5.92 Å². The van der Waals surface area contributed by atoms with Crippen molar-refractivity contribution in [2.45, 2.75) is 57.5 Å². The highest BCUT2D eigenvalue weighted by Crippen LogP contribution is 2.40. The first kappa shape index (κ1) is 24.7. The molecule has 0 radical (unpaired) electrons. The van der Waals surface area contributed by atoms with Crippen LogP contribution in [-0.2, 0) is 10.3 Å². The van der Waals surface area contributed by atoms with Gasteiger partial charge in [0, 0.05) is 11.6 Å². The van der Waals surface area contributed by atoms with Crippen LogP contribution >= 0.6 is 11.6 Å². The van der Waals surface area contributed by atoms with Gasteiger partial charge in [0.05, 0.1) is 34.3 Å². The molecular formula is C27H28ClFN4O2. The Labute approximate surface area is 209 Å². The van der Waals surface area contributed by atoms with Crippen molar-refractivity contribution in [3.05, 3.63) is 76.3 Å². The van der Waals surface area contributed by atoms with Gasteiger partial charge in [0.15, 0.2) is 0 Å². The van der Waals surface area contributed by atoms with Crippen LogP contribution in [0, 0.1) is 23.1 Å². The Balaban J connectivity index is 1.57. The van der Waals surface area contributed by atoms with Gasteiger partial charge in [0.2, 0.25) is 5.91 Å². The van der Waals surface area contributed by atoms with Crippen LogP contribution in [0.3, 0.4) is 0 Å². The van der Waals surface area contributed by atoms with E-state index in [2.05, 4.69) is 24.1 Å². The van der Waals surface area contributed by atoms with Crippen molar-refractivity contribution in [1.29, 1.82) is 5.26 Å². The minimum absolute atomic E-state index is 0.00549. The molecule has 6 nitrogen and oxygen atoms in total. The van der Waals surface area contributed by atoms with Crippen LogP contribution < -0.4 is 10.6 Å². The number of rotatable bonds is 4. The molecule has 3 atom stereocenters. The smallest absolute Gasteiger partial charge is 0.255 e. The predicted molar refractivity (Wildman–Crippen MR) is 133 cm³/mol. The number of halogens is 2. The molecule has 1 aliphatic carbocycles. The van der Waals surface area contributed by atoms with Crippen molar-refractivity contribution in [3.63, 3.8) is 0 Å². The van der Waals surface area contributed by atoms with Crippen molar-refractivity contribution >= 4 is 29.1 Å². The third-order valence-electron chi connectivity index (χ3n) is 6.89. The van der Waals surface area contributed by atoms with E-state index < -0.39 is 17.3 Å². The number of carbonyl (C=O) groups excluding carboxylic acids is 2. The number of carbonyl (C=O) groups is 2. The third kappa shape index (κ3) is 5.03. The van der Waals surface area contributed by atoms with Gasteiger partial charge in [-0.25, -0.2) is 4.39 Å². The molecule has 1 saturated carbocycles. The normalized spacial score (nSPS) is 24.5. The van der Waals surface area contributed by atoms with E-state index in [-0.39, 0.29) is 34.5 Å². The lowest BCUT2D eigenvalue weighted by molar-refractivity contribution is -0.137. The van der Waals surface area contributed by atoms with Crippen LogP contribution in [0.5, 0.6) is 0 Å². The molecule has 0 bridgehead atoms. The molecular weight excluding hydrogens is 467 g/mol. The topological polar surface area (TPSA) is 85.2 Å². The Kier molecular flexibility index (Phi) is 6.86. The number of amides is 2. The Morgan fingerprint density at radius 1 is 1.34 bits per heavy atom. The molecule has 35 heavy (non-hydrogen) atoms. The van der Waals surface area contributed by atoms with Gasteiger partial charge in [-0.15, -0.1) is 0 Å². The maximum absolute atomic E-state index is 13.8. The third-order valence-corrected chi connectivity index (χ3v) is 7.30. The van der Waals surface area contributed by atoms with E-state index in [1.54, 1.807) is 23.1 Å². The molecule has 182 valence electrons. The highest BCUT2D eigenvalue weighted by molar-refractivity contribution is 6.34. The average Bonchev–Trinajstić information content (AvgIpc) is 2.79. The zero-order valence-electron chi connectivity index (χ0n) is 19.8. The van der Waals surface area contributed by atoms with Gasteiger partial charge in [-0.3, -0.25) is 14.5 Å². The predicted octanol–water partition coefficient (Wildman–Crippen LogP) is 5.69. The molecule has 2 amide bonds. The van der Waals surface area contributed by atoms with Gasteiger partial charge < -0.3 is 10.6 Å². The Morgan fingerprint density at radius 3 is 2.80 bits per heavy atom. The van der Waals surface area contributed by atoms with Crippen molar-refractivity contribution in [1.82, 2.24) is 10.2 Å². The quantitative estimate of drug-likeness (QED) is 0.571. The van der Waals surface area contributed by atoms with Crippen LogP contribution in [0.2, 0.25) is 5.02 Å².